The summed E-state index contributed by atoms with van der Waals surface area (Å²) in [5, 5.41) is 0.979. The second-order valence-corrected chi connectivity index (χ2v) is 7.04. The number of hydrogen-bond donors (Lipinski definition) is 1. The van der Waals surface area contributed by atoms with Crippen molar-refractivity contribution in [3.63, 3.8) is 0 Å². The number of amides is 2. The average Bonchev–Trinajstić information content (AvgIpc) is 2.74. The van der Waals surface area contributed by atoms with Crippen LogP contribution in [0.2, 0.25) is 0 Å². The number of anilines is 1. The van der Waals surface area contributed by atoms with Crippen LogP contribution in [0.4, 0.5) is 10.6 Å². The van der Waals surface area contributed by atoms with E-state index >= 15 is 0 Å². The van der Waals surface area contributed by atoms with Gasteiger partial charge in [0.05, 0.1) is 5.52 Å². The van der Waals surface area contributed by atoms with Crippen LogP contribution < -0.4 is 5.73 Å². The standard InChI is InChI=1S/C22H22N4O3/c23-20-9-7-18-12-17(6-8-19(18)24-20)13-25-10-11-26(14-21(25)27)22(28)29-15-16-4-2-1-3-5-16/h1-9,12H,10-11,13-15H2,(H2,23,24). The summed E-state index contributed by atoms with van der Waals surface area (Å²) < 4.78 is 5.33. The van der Waals surface area contributed by atoms with Gasteiger partial charge in [0.1, 0.15) is 19.0 Å². The van der Waals surface area contributed by atoms with Gasteiger partial charge in [-0.2, -0.15) is 0 Å². The molecule has 29 heavy (non-hydrogen) atoms. The van der Waals surface area contributed by atoms with E-state index in [1.165, 1.54) is 4.90 Å². The number of nitrogens with two attached hydrogens (primary N) is 1. The summed E-state index contributed by atoms with van der Waals surface area (Å²) >= 11 is 0. The third-order valence-electron chi connectivity index (χ3n) is 4.93. The first-order valence-electron chi connectivity index (χ1n) is 9.47. The number of nitrogens with zero attached hydrogens (tertiary/aromatic N) is 3. The van der Waals surface area contributed by atoms with Crippen molar-refractivity contribution < 1.29 is 14.3 Å². The average molecular weight is 390 g/mol. The Kier molecular flexibility index (Phi) is 5.29. The van der Waals surface area contributed by atoms with E-state index in [0.29, 0.717) is 25.5 Å². The zero-order valence-electron chi connectivity index (χ0n) is 16.0. The highest BCUT2D eigenvalue weighted by Gasteiger charge is 2.28. The molecule has 2 aromatic carbocycles. The van der Waals surface area contributed by atoms with Crippen LogP contribution in [0.3, 0.4) is 0 Å². The Morgan fingerprint density at radius 2 is 1.86 bits per heavy atom. The molecular formula is C22H22N4O3. The lowest BCUT2D eigenvalue weighted by Crippen LogP contribution is -2.51. The Hall–Kier alpha value is -3.61. The molecule has 1 saturated heterocycles. The molecule has 2 heterocycles. The maximum atomic E-state index is 12.5. The number of hydrogen-bond acceptors (Lipinski definition) is 5. The molecule has 1 fully saturated rings. The van der Waals surface area contributed by atoms with Gasteiger partial charge in [-0.3, -0.25) is 9.69 Å². The minimum Gasteiger partial charge on any atom is -0.445 e. The molecule has 1 aliphatic rings. The minimum absolute atomic E-state index is 0.0271. The molecule has 0 radical (unpaired) electrons. The first-order valence-corrected chi connectivity index (χ1v) is 9.47. The summed E-state index contributed by atoms with van der Waals surface area (Å²) in [4.78, 5) is 32.3. The van der Waals surface area contributed by atoms with Gasteiger partial charge in [-0.05, 0) is 35.4 Å². The van der Waals surface area contributed by atoms with E-state index in [4.69, 9.17) is 10.5 Å². The van der Waals surface area contributed by atoms with E-state index in [0.717, 1.165) is 22.0 Å². The van der Waals surface area contributed by atoms with E-state index in [2.05, 4.69) is 4.98 Å². The fraction of sp³-hybridized carbons (Fsp3) is 0.227. The SMILES string of the molecule is Nc1ccc2cc(CN3CCN(C(=O)OCc4ccccc4)CC3=O)ccc2n1. The molecule has 0 bridgehead atoms. The predicted molar refractivity (Wildman–Crippen MR) is 110 cm³/mol. The van der Waals surface area contributed by atoms with Crippen molar-refractivity contribution >= 4 is 28.7 Å². The molecule has 7 heteroatoms. The second-order valence-electron chi connectivity index (χ2n) is 7.04. The van der Waals surface area contributed by atoms with Crippen LogP contribution in [0.25, 0.3) is 10.9 Å². The van der Waals surface area contributed by atoms with Gasteiger partial charge in [0.2, 0.25) is 5.91 Å². The van der Waals surface area contributed by atoms with Crippen molar-refractivity contribution in [2.24, 2.45) is 0 Å². The topological polar surface area (TPSA) is 88.8 Å². The molecule has 0 spiro atoms. The molecule has 4 rings (SSSR count). The zero-order chi connectivity index (χ0) is 20.2. The molecule has 7 nitrogen and oxygen atoms in total. The smallest absolute Gasteiger partial charge is 0.410 e. The van der Waals surface area contributed by atoms with Gasteiger partial charge < -0.3 is 15.4 Å². The number of rotatable bonds is 4. The monoisotopic (exact) mass is 390 g/mol. The first-order chi connectivity index (χ1) is 14.1. The number of piperazine rings is 1. The van der Waals surface area contributed by atoms with E-state index < -0.39 is 6.09 Å². The lowest BCUT2D eigenvalue weighted by molar-refractivity contribution is -0.136. The Morgan fingerprint density at radius 1 is 1.03 bits per heavy atom. The van der Waals surface area contributed by atoms with E-state index in [-0.39, 0.29) is 19.1 Å². The van der Waals surface area contributed by atoms with Crippen LogP contribution in [-0.4, -0.2) is 46.4 Å². The highest BCUT2D eigenvalue weighted by Crippen LogP contribution is 2.18. The van der Waals surface area contributed by atoms with E-state index in [1.807, 2.05) is 54.6 Å². The van der Waals surface area contributed by atoms with Gasteiger partial charge in [0, 0.05) is 25.0 Å². The molecule has 1 aliphatic heterocycles. The number of fused-ring (bicyclic) bond motifs is 1. The molecule has 2 amide bonds. The largest absolute Gasteiger partial charge is 0.445 e. The van der Waals surface area contributed by atoms with Crippen molar-refractivity contribution in [2.75, 3.05) is 25.4 Å². The van der Waals surface area contributed by atoms with Crippen LogP contribution >= 0.6 is 0 Å². The number of carbonyl (C=O) groups is 2. The Balaban J connectivity index is 1.33. The number of nitrogen functional groups attached to an aromatic ring is 1. The fourth-order valence-corrected chi connectivity index (χ4v) is 3.35. The van der Waals surface area contributed by atoms with E-state index in [1.54, 1.807) is 11.0 Å². The predicted octanol–water partition coefficient (Wildman–Crippen LogP) is 2.80. The molecule has 148 valence electrons. The lowest BCUT2D eigenvalue weighted by atomic mass is 10.1. The normalized spacial score (nSPS) is 14.3. The van der Waals surface area contributed by atoms with Gasteiger partial charge in [-0.25, -0.2) is 9.78 Å². The van der Waals surface area contributed by atoms with Crippen LogP contribution in [0, 0.1) is 0 Å². The number of carbonyl (C=O) groups excluding carboxylic acids is 2. The number of ether oxygens (including phenoxy) is 1. The fourth-order valence-electron chi connectivity index (χ4n) is 3.35. The van der Waals surface area contributed by atoms with Crippen molar-refractivity contribution in [2.45, 2.75) is 13.2 Å². The number of benzene rings is 2. The van der Waals surface area contributed by atoms with Gasteiger partial charge in [0.15, 0.2) is 0 Å². The van der Waals surface area contributed by atoms with Crippen molar-refractivity contribution in [1.82, 2.24) is 14.8 Å². The first kappa shape index (κ1) is 18.7. The van der Waals surface area contributed by atoms with Gasteiger partial charge in [-0.1, -0.05) is 36.4 Å². The molecular weight excluding hydrogens is 368 g/mol. The summed E-state index contributed by atoms with van der Waals surface area (Å²) in [6.07, 6.45) is -0.462. The van der Waals surface area contributed by atoms with Crippen molar-refractivity contribution in [1.29, 1.82) is 0 Å². The highest BCUT2D eigenvalue weighted by atomic mass is 16.6. The van der Waals surface area contributed by atoms with Crippen LogP contribution in [-0.2, 0) is 22.7 Å². The molecule has 1 aromatic heterocycles. The number of aromatic nitrogens is 1. The lowest BCUT2D eigenvalue weighted by Gasteiger charge is -2.33. The summed E-state index contributed by atoms with van der Waals surface area (Å²) in [5.74, 6) is 0.388. The second kappa shape index (κ2) is 8.18. The zero-order valence-corrected chi connectivity index (χ0v) is 16.0. The summed E-state index contributed by atoms with van der Waals surface area (Å²) in [6, 6.07) is 19.0. The molecule has 0 aliphatic carbocycles. The van der Waals surface area contributed by atoms with Crippen molar-refractivity contribution in [3.05, 3.63) is 71.8 Å². The molecule has 0 atom stereocenters. The third-order valence-corrected chi connectivity index (χ3v) is 4.93. The highest BCUT2D eigenvalue weighted by molar-refractivity contribution is 5.84. The van der Waals surface area contributed by atoms with E-state index in [9.17, 15) is 9.59 Å². The summed E-state index contributed by atoms with van der Waals surface area (Å²) in [6.45, 7) is 1.64. The van der Waals surface area contributed by atoms with Gasteiger partial charge in [-0.15, -0.1) is 0 Å². The van der Waals surface area contributed by atoms with Gasteiger partial charge >= 0.3 is 6.09 Å². The van der Waals surface area contributed by atoms with Crippen molar-refractivity contribution in [3.8, 4) is 0 Å². The Labute approximate surface area is 168 Å². The van der Waals surface area contributed by atoms with Crippen LogP contribution in [0.1, 0.15) is 11.1 Å². The molecule has 3 aromatic rings. The maximum Gasteiger partial charge on any atom is 0.410 e. The van der Waals surface area contributed by atoms with Crippen LogP contribution in [0.5, 0.6) is 0 Å². The molecule has 0 unspecified atom stereocenters. The molecule has 0 saturated carbocycles. The maximum absolute atomic E-state index is 12.5. The summed E-state index contributed by atoms with van der Waals surface area (Å²) in [7, 11) is 0. The quantitative estimate of drug-likeness (QED) is 0.740. The third kappa shape index (κ3) is 4.45. The minimum atomic E-state index is -0.462. The van der Waals surface area contributed by atoms with Gasteiger partial charge in [0.25, 0.3) is 0 Å². The Morgan fingerprint density at radius 3 is 2.66 bits per heavy atom. The molecule has 2 N–H and O–H groups in total. The number of pyridine rings is 1. The summed E-state index contributed by atoms with van der Waals surface area (Å²) in [5.41, 5.74) is 8.47. The van der Waals surface area contributed by atoms with Crippen LogP contribution in [0.15, 0.2) is 60.7 Å². The Bertz CT molecular complexity index is 1040.